The minimum atomic E-state index is -0.213. The zero-order valence-corrected chi connectivity index (χ0v) is 18.5. The largest absolute Gasteiger partial charge is 0.454 e. The van der Waals surface area contributed by atoms with E-state index in [1.807, 2.05) is 29.2 Å². The topological polar surface area (TPSA) is 71.1 Å². The number of ether oxygens (including phenoxy) is 2. The first-order valence-corrected chi connectivity index (χ1v) is 11.1. The highest BCUT2D eigenvalue weighted by atomic mass is 35.5. The Kier molecular flexibility index (Phi) is 5.79. The molecule has 1 saturated heterocycles. The summed E-state index contributed by atoms with van der Waals surface area (Å²) in [5, 5.41) is 3.53. The van der Waals surface area contributed by atoms with Gasteiger partial charge in [0, 0.05) is 53.7 Å². The third kappa shape index (κ3) is 4.59. The van der Waals surface area contributed by atoms with Gasteiger partial charge in [0.15, 0.2) is 11.5 Å². The summed E-state index contributed by atoms with van der Waals surface area (Å²) in [5.74, 6) is 1.03. The Morgan fingerprint density at radius 2 is 1.45 bits per heavy atom. The number of anilines is 2. The smallest absolute Gasteiger partial charge is 0.255 e. The summed E-state index contributed by atoms with van der Waals surface area (Å²) in [7, 11) is 0. The average molecular weight is 464 g/mol. The second kappa shape index (κ2) is 9.03. The zero-order valence-electron chi connectivity index (χ0n) is 17.8. The van der Waals surface area contributed by atoms with Crippen molar-refractivity contribution in [1.82, 2.24) is 4.90 Å². The van der Waals surface area contributed by atoms with Crippen molar-refractivity contribution >= 4 is 34.8 Å². The third-order valence-corrected chi connectivity index (χ3v) is 6.04. The van der Waals surface area contributed by atoms with Crippen molar-refractivity contribution in [3.63, 3.8) is 0 Å². The fourth-order valence-electron chi connectivity index (χ4n) is 3.94. The van der Waals surface area contributed by atoms with E-state index < -0.39 is 0 Å². The SMILES string of the molecule is O=C(Nc1ccc(N2CCN(C(=O)c3ccc(Cl)cc3)CC2)cc1)c1ccc2c(c1)OCO2. The van der Waals surface area contributed by atoms with E-state index in [-0.39, 0.29) is 18.6 Å². The van der Waals surface area contributed by atoms with Crippen molar-refractivity contribution in [1.29, 1.82) is 0 Å². The van der Waals surface area contributed by atoms with Crippen LogP contribution >= 0.6 is 11.6 Å². The number of carbonyl (C=O) groups excluding carboxylic acids is 2. The summed E-state index contributed by atoms with van der Waals surface area (Å²) in [4.78, 5) is 29.4. The molecule has 0 atom stereocenters. The van der Waals surface area contributed by atoms with Gasteiger partial charge in [-0.15, -0.1) is 0 Å². The van der Waals surface area contributed by atoms with Gasteiger partial charge in [-0.2, -0.15) is 0 Å². The second-order valence-corrected chi connectivity index (χ2v) is 8.29. The lowest BCUT2D eigenvalue weighted by molar-refractivity contribution is 0.0746. The van der Waals surface area contributed by atoms with Gasteiger partial charge in [-0.05, 0) is 66.7 Å². The van der Waals surface area contributed by atoms with Gasteiger partial charge in [-0.1, -0.05) is 11.6 Å². The van der Waals surface area contributed by atoms with Crippen molar-refractivity contribution in [2.75, 3.05) is 43.2 Å². The number of halogens is 1. The Hall–Kier alpha value is -3.71. The lowest BCUT2D eigenvalue weighted by Crippen LogP contribution is -2.48. The van der Waals surface area contributed by atoms with Gasteiger partial charge < -0.3 is 24.6 Å². The number of rotatable bonds is 4. The van der Waals surface area contributed by atoms with Crippen LogP contribution in [0.15, 0.2) is 66.7 Å². The molecule has 0 aromatic heterocycles. The molecule has 0 spiro atoms. The summed E-state index contributed by atoms with van der Waals surface area (Å²) in [6.07, 6.45) is 0. The molecular weight excluding hydrogens is 442 g/mol. The monoisotopic (exact) mass is 463 g/mol. The van der Waals surface area contributed by atoms with Crippen LogP contribution in [0.4, 0.5) is 11.4 Å². The number of piperazine rings is 1. The molecule has 1 N–H and O–H groups in total. The summed E-state index contributed by atoms with van der Waals surface area (Å²) in [6.45, 7) is 2.93. The standard InChI is InChI=1S/C25H22ClN3O4/c26-19-4-1-17(2-5-19)25(31)29-13-11-28(12-14-29)21-8-6-20(7-9-21)27-24(30)18-3-10-22-23(15-18)33-16-32-22/h1-10,15H,11-14,16H2,(H,27,30). The third-order valence-electron chi connectivity index (χ3n) is 5.78. The predicted octanol–water partition coefficient (Wildman–Crippen LogP) is 4.28. The van der Waals surface area contributed by atoms with Crippen molar-refractivity contribution in [3.8, 4) is 11.5 Å². The number of hydrogen-bond acceptors (Lipinski definition) is 5. The van der Waals surface area contributed by atoms with Gasteiger partial charge in [-0.3, -0.25) is 9.59 Å². The molecule has 7 nitrogen and oxygen atoms in total. The van der Waals surface area contributed by atoms with Crippen LogP contribution in [-0.2, 0) is 0 Å². The van der Waals surface area contributed by atoms with Crippen molar-refractivity contribution < 1.29 is 19.1 Å². The van der Waals surface area contributed by atoms with E-state index in [9.17, 15) is 9.59 Å². The minimum absolute atomic E-state index is 0.0212. The Morgan fingerprint density at radius 3 is 2.18 bits per heavy atom. The molecule has 5 rings (SSSR count). The van der Waals surface area contributed by atoms with Gasteiger partial charge in [0.25, 0.3) is 11.8 Å². The molecular formula is C25H22ClN3O4. The van der Waals surface area contributed by atoms with E-state index in [1.54, 1.807) is 42.5 Å². The maximum absolute atomic E-state index is 12.7. The van der Waals surface area contributed by atoms with Crippen molar-refractivity contribution in [2.24, 2.45) is 0 Å². The van der Waals surface area contributed by atoms with Gasteiger partial charge in [0.2, 0.25) is 6.79 Å². The molecule has 0 aliphatic carbocycles. The Balaban J connectivity index is 1.17. The average Bonchev–Trinajstić information content (AvgIpc) is 3.33. The molecule has 3 aromatic rings. The fourth-order valence-corrected chi connectivity index (χ4v) is 4.07. The molecule has 2 aliphatic rings. The van der Waals surface area contributed by atoms with E-state index in [0.717, 1.165) is 18.8 Å². The molecule has 0 radical (unpaired) electrons. The normalized spacial score (nSPS) is 14.8. The van der Waals surface area contributed by atoms with Crippen LogP contribution in [-0.4, -0.2) is 49.7 Å². The molecule has 33 heavy (non-hydrogen) atoms. The zero-order chi connectivity index (χ0) is 22.8. The number of amides is 2. The number of benzene rings is 3. The van der Waals surface area contributed by atoms with E-state index in [2.05, 4.69) is 10.2 Å². The molecule has 1 fully saturated rings. The first-order valence-electron chi connectivity index (χ1n) is 10.7. The maximum atomic E-state index is 12.7. The van der Waals surface area contributed by atoms with Crippen LogP contribution in [0.2, 0.25) is 5.02 Å². The highest BCUT2D eigenvalue weighted by molar-refractivity contribution is 6.30. The Labute approximate surface area is 196 Å². The summed E-state index contributed by atoms with van der Waals surface area (Å²) in [6, 6.07) is 19.8. The van der Waals surface area contributed by atoms with E-state index >= 15 is 0 Å². The van der Waals surface area contributed by atoms with Crippen LogP contribution in [0, 0.1) is 0 Å². The van der Waals surface area contributed by atoms with Gasteiger partial charge in [0.1, 0.15) is 0 Å². The lowest BCUT2D eigenvalue weighted by atomic mass is 10.1. The van der Waals surface area contributed by atoms with Crippen LogP contribution < -0.4 is 19.7 Å². The van der Waals surface area contributed by atoms with E-state index in [4.69, 9.17) is 21.1 Å². The highest BCUT2D eigenvalue weighted by Gasteiger charge is 2.22. The van der Waals surface area contributed by atoms with E-state index in [1.165, 1.54) is 0 Å². The summed E-state index contributed by atoms with van der Waals surface area (Å²) < 4.78 is 10.6. The molecule has 0 unspecified atom stereocenters. The first-order chi connectivity index (χ1) is 16.1. The molecule has 2 amide bonds. The maximum Gasteiger partial charge on any atom is 0.255 e. The Bertz CT molecular complexity index is 1170. The minimum Gasteiger partial charge on any atom is -0.454 e. The highest BCUT2D eigenvalue weighted by Crippen LogP contribution is 2.32. The molecule has 2 aliphatic heterocycles. The van der Waals surface area contributed by atoms with Gasteiger partial charge in [-0.25, -0.2) is 0 Å². The van der Waals surface area contributed by atoms with Crippen molar-refractivity contribution in [3.05, 3.63) is 82.9 Å². The van der Waals surface area contributed by atoms with Gasteiger partial charge >= 0.3 is 0 Å². The number of hydrogen-bond donors (Lipinski definition) is 1. The molecule has 0 bridgehead atoms. The number of fused-ring (bicyclic) bond motifs is 1. The lowest BCUT2D eigenvalue weighted by Gasteiger charge is -2.36. The van der Waals surface area contributed by atoms with Crippen molar-refractivity contribution in [2.45, 2.75) is 0 Å². The molecule has 3 aromatic carbocycles. The summed E-state index contributed by atoms with van der Waals surface area (Å²) >= 11 is 5.91. The molecule has 2 heterocycles. The predicted molar refractivity (Wildman–Crippen MR) is 127 cm³/mol. The van der Waals surface area contributed by atoms with Crippen LogP contribution in [0.3, 0.4) is 0 Å². The molecule has 8 heteroatoms. The van der Waals surface area contributed by atoms with Crippen LogP contribution in [0.1, 0.15) is 20.7 Å². The molecule has 168 valence electrons. The first kappa shape index (κ1) is 21.2. The number of nitrogens with one attached hydrogen (secondary N) is 1. The molecule has 0 saturated carbocycles. The van der Waals surface area contributed by atoms with Crippen LogP contribution in [0.25, 0.3) is 0 Å². The second-order valence-electron chi connectivity index (χ2n) is 7.86. The Morgan fingerprint density at radius 1 is 0.788 bits per heavy atom. The summed E-state index contributed by atoms with van der Waals surface area (Å²) in [5.41, 5.74) is 2.91. The number of nitrogens with zero attached hydrogens (tertiary/aromatic N) is 2. The fraction of sp³-hybridized carbons (Fsp3) is 0.200. The quantitative estimate of drug-likeness (QED) is 0.625. The van der Waals surface area contributed by atoms with Crippen LogP contribution in [0.5, 0.6) is 11.5 Å². The number of carbonyl (C=O) groups is 2. The van der Waals surface area contributed by atoms with E-state index in [0.29, 0.717) is 46.4 Å². The van der Waals surface area contributed by atoms with Gasteiger partial charge in [0.05, 0.1) is 0 Å².